The standard InChI is InChI=1S/C25H23F4NO6S/c1-33-19-12-7-16(6-5-15-13-20(34-2)24(36-4)21(14-15)35-3)23(22(19)26)30-37(31,32)18-10-8-17(9-11-18)25(27,28)29/h5-14,30H,1-4H3/b6-5-. The third kappa shape index (κ3) is 6.08. The fraction of sp³-hybridized carbons (Fsp3) is 0.200. The molecule has 0 amide bonds. The fourth-order valence-electron chi connectivity index (χ4n) is 3.37. The van der Waals surface area contributed by atoms with E-state index in [1.54, 1.807) is 18.2 Å². The minimum atomic E-state index is -4.64. The summed E-state index contributed by atoms with van der Waals surface area (Å²) in [5.41, 5.74) is -0.805. The Morgan fingerprint density at radius 1 is 0.784 bits per heavy atom. The van der Waals surface area contributed by atoms with E-state index < -0.39 is 38.2 Å². The molecule has 0 saturated heterocycles. The van der Waals surface area contributed by atoms with Crippen molar-refractivity contribution >= 4 is 27.9 Å². The topological polar surface area (TPSA) is 83.1 Å². The quantitative estimate of drug-likeness (QED) is 0.270. The molecular weight excluding hydrogens is 518 g/mol. The van der Waals surface area contributed by atoms with E-state index in [4.69, 9.17) is 18.9 Å². The minimum Gasteiger partial charge on any atom is -0.494 e. The Hall–Kier alpha value is -3.93. The average Bonchev–Trinajstić information content (AvgIpc) is 2.87. The van der Waals surface area contributed by atoms with Crippen molar-refractivity contribution in [1.29, 1.82) is 0 Å². The first kappa shape index (κ1) is 27.7. The number of methoxy groups -OCH3 is 4. The van der Waals surface area contributed by atoms with E-state index in [9.17, 15) is 21.6 Å². The lowest BCUT2D eigenvalue weighted by Crippen LogP contribution is -2.16. The number of hydrogen-bond donors (Lipinski definition) is 1. The second kappa shape index (κ2) is 11.0. The van der Waals surface area contributed by atoms with E-state index in [1.807, 2.05) is 0 Å². The zero-order chi connectivity index (χ0) is 27.4. The van der Waals surface area contributed by atoms with Gasteiger partial charge in [0.1, 0.15) is 0 Å². The van der Waals surface area contributed by atoms with Crippen LogP contribution < -0.4 is 23.7 Å². The number of alkyl halides is 3. The normalized spacial score (nSPS) is 11.9. The molecule has 0 unspecified atom stereocenters. The highest BCUT2D eigenvalue weighted by atomic mass is 32.2. The molecule has 0 heterocycles. The molecular formula is C25H23F4NO6S. The van der Waals surface area contributed by atoms with E-state index in [-0.39, 0.29) is 11.3 Å². The Labute approximate surface area is 211 Å². The molecule has 37 heavy (non-hydrogen) atoms. The van der Waals surface area contributed by atoms with Crippen LogP contribution in [-0.2, 0) is 16.2 Å². The van der Waals surface area contributed by atoms with Crippen molar-refractivity contribution < 1.29 is 44.9 Å². The Morgan fingerprint density at radius 2 is 1.35 bits per heavy atom. The molecule has 12 heteroatoms. The summed E-state index contributed by atoms with van der Waals surface area (Å²) < 4.78 is 103. The van der Waals surface area contributed by atoms with Crippen LogP contribution in [0.4, 0.5) is 23.2 Å². The monoisotopic (exact) mass is 541 g/mol. The number of anilines is 1. The number of nitrogens with one attached hydrogen (secondary N) is 1. The molecule has 0 aromatic heterocycles. The molecule has 0 fully saturated rings. The lowest BCUT2D eigenvalue weighted by Gasteiger charge is -2.15. The summed E-state index contributed by atoms with van der Waals surface area (Å²) in [4.78, 5) is -0.484. The molecule has 0 spiro atoms. The Morgan fingerprint density at radius 3 is 1.84 bits per heavy atom. The third-order valence-electron chi connectivity index (χ3n) is 5.23. The van der Waals surface area contributed by atoms with Crippen LogP contribution in [0.5, 0.6) is 23.0 Å². The highest BCUT2D eigenvalue weighted by Crippen LogP contribution is 2.39. The van der Waals surface area contributed by atoms with Crippen LogP contribution in [0.1, 0.15) is 16.7 Å². The highest BCUT2D eigenvalue weighted by Gasteiger charge is 2.31. The van der Waals surface area contributed by atoms with Gasteiger partial charge in [0.15, 0.2) is 23.1 Å². The first-order valence-electron chi connectivity index (χ1n) is 10.5. The zero-order valence-electron chi connectivity index (χ0n) is 20.1. The Bertz CT molecular complexity index is 1380. The maximum Gasteiger partial charge on any atom is 0.416 e. The summed E-state index contributed by atoms with van der Waals surface area (Å²) >= 11 is 0. The second-order valence-corrected chi connectivity index (χ2v) is 9.15. The van der Waals surface area contributed by atoms with Gasteiger partial charge in [0.2, 0.25) is 5.75 Å². The third-order valence-corrected chi connectivity index (χ3v) is 6.60. The Balaban J connectivity index is 2.03. The van der Waals surface area contributed by atoms with E-state index >= 15 is 4.39 Å². The summed E-state index contributed by atoms with van der Waals surface area (Å²) in [5.74, 6) is -0.154. The predicted octanol–water partition coefficient (Wildman–Crippen LogP) is 5.85. The van der Waals surface area contributed by atoms with Gasteiger partial charge in [-0.05, 0) is 54.1 Å². The molecule has 0 radical (unpaired) electrons. The van der Waals surface area contributed by atoms with Crippen LogP contribution in [0.3, 0.4) is 0 Å². The van der Waals surface area contributed by atoms with Crippen LogP contribution in [0.25, 0.3) is 12.2 Å². The second-order valence-electron chi connectivity index (χ2n) is 7.47. The predicted molar refractivity (Wildman–Crippen MR) is 130 cm³/mol. The molecule has 3 aromatic rings. The van der Waals surface area contributed by atoms with E-state index in [2.05, 4.69) is 4.72 Å². The van der Waals surface area contributed by atoms with Gasteiger partial charge in [-0.25, -0.2) is 12.8 Å². The smallest absolute Gasteiger partial charge is 0.416 e. The van der Waals surface area contributed by atoms with Gasteiger partial charge in [0.25, 0.3) is 10.0 Å². The average molecular weight is 542 g/mol. The van der Waals surface area contributed by atoms with Gasteiger partial charge >= 0.3 is 6.18 Å². The van der Waals surface area contributed by atoms with Crippen LogP contribution in [0, 0.1) is 5.82 Å². The van der Waals surface area contributed by atoms with Crippen LogP contribution in [0.15, 0.2) is 53.4 Å². The van der Waals surface area contributed by atoms with Gasteiger partial charge in [-0.15, -0.1) is 0 Å². The number of benzene rings is 3. The Kier molecular flexibility index (Phi) is 8.22. The SMILES string of the molecule is COc1ccc(/C=C\c2cc(OC)c(OC)c(OC)c2)c(NS(=O)(=O)c2ccc(C(F)(F)F)cc2)c1F. The van der Waals surface area contributed by atoms with E-state index in [1.165, 1.54) is 46.6 Å². The molecule has 3 rings (SSSR count). The van der Waals surface area contributed by atoms with Crippen LogP contribution >= 0.6 is 0 Å². The molecule has 198 valence electrons. The van der Waals surface area contributed by atoms with Gasteiger partial charge in [0, 0.05) is 5.56 Å². The first-order chi connectivity index (χ1) is 17.4. The van der Waals surface area contributed by atoms with E-state index in [0.29, 0.717) is 34.9 Å². The zero-order valence-corrected chi connectivity index (χ0v) is 21.0. The number of sulfonamides is 1. The van der Waals surface area contributed by atoms with Gasteiger partial charge in [-0.3, -0.25) is 4.72 Å². The van der Waals surface area contributed by atoms with Crippen molar-refractivity contribution in [3.8, 4) is 23.0 Å². The molecule has 1 N–H and O–H groups in total. The minimum absolute atomic E-state index is 0.113. The van der Waals surface area contributed by atoms with E-state index in [0.717, 1.165) is 12.1 Å². The number of hydrogen-bond acceptors (Lipinski definition) is 6. The van der Waals surface area contributed by atoms with Crippen molar-refractivity contribution in [3.05, 3.63) is 71.0 Å². The maximum atomic E-state index is 15.2. The molecule has 0 saturated carbocycles. The molecule has 3 aromatic carbocycles. The van der Waals surface area contributed by atoms with Crippen LogP contribution in [0.2, 0.25) is 0 Å². The van der Waals surface area contributed by atoms with Gasteiger partial charge in [0.05, 0.1) is 44.6 Å². The molecule has 0 aliphatic carbocycles. The summed E-state index contributed by atoms with van der Waals surface area (Å²) in [6, 6.07) is 8.81. The van der Waals surface area contributed by atoms with Gasteiger partial charge < -0.3 is 18.9 Å². The van der Waals surface area contributed by atoms with Crippen molar-refractivity contribution in [1.82, 2.24) is 0 Å². The maximum absolute atomic E-state index is 15.2. The highest BCUT2D eigenvalue weighted by molar-refractivity contribution is 7.92. The van der Waals surface area contributed by atoms with Crippen molar-refractivity contribution in [2.24, 2.45) is 0 Å². The number of halogens is 4. The van der Waals surface area contributed by atoms with Gasteiger partial charge in [-0.1, -0.05) is 12.2 Å². The number of ether oxygens (including phenoxy) is 4. The largest absolute Gasteiger partial charge is 0.494 e. The molecule has 0 atom stereocenters. The fourth-order valence-corrected chi connectivity index (χ4v) is 4.46. The summed E-state index contributed by atoms with van der Waals surface area (Å²) in [6.07, 6.45) is -1.64. The summed E-state index contributed by atoms with van der Waals surface area (Å²) in [5, 5.41) is 0. The van der Waals surface area contributed by atoms with Crippen molar-refractivity contribution in [3.63, 3.8) is 0 Å². The molecule has 0 aliphatic rings. The van der Waals surface area contributed by atoms with Crippen LogP contribution in [-0.4, -0.2) is 36.9 Å². The lowest BCUT2D eigenvalue weighted by molar-refractivity contribution is -0.137. The molecule has 7 nitrogen and oxygen atoms in total. The first-order valence-corrected chi connectivity index (χ1v) is 12.0. The molecule has 0 aliphatic heterocycles. The lowest BCUT2D eigenvalue weighted by atomic mass is 10.1. The van der Waals surface area contributed by atoms with Gasteiger partial charge in [-0.2, -0.15) is 13.2 Å². The van der Waals surface area contributed by atoms with Crippen molar-refractivity contribution in [2.75, 3.05) is 33.2 Å². The number of rotatable bonds is 9. The summed E-state index contributed by atoms with van der Waals surface area (Å²) in [7, 11) is 1.08. The molecule has 0 bridgehead atoms. The summed E-state index contributed by atoms with van der Waals surface area (Å²) in [6.45, 7) is 0. The van der Waals surface area contributed by atoms with Crippen molar-refractivity contribution in [2.45, 2.75) is 11.1 Å².